The number of methoxy groups -OCH3 is 2. The van der Waals surface area contributed by atoms with Crippen LogP contribution in [0, 0.1) is 10.1 Å². The predicted molar refractivity (Wildman–Crippen MR) is 134 cm³/mol. The van der Waals surface area contributed by atoms with Crippen molar-refractivity contribution in [3.05, 3.63) is 82.5 Å². The first-order valence-corrected chi connectivity index (χ1v) is 12.0. The number of sulfonamides is 1. The van der Waals surface area contributed by atoms with Crippen molar-refractivity contribution in [3.63, 3.8) is 0 Å². The number of benzene rings is 3. The number of aromatic amines is 1. The topological polar surface area (TPSA) is 144 Å². The van der Waals surface area contributed by atoms with Crippen molar-refractivity contribution in [2.45, 2.75) is 4.90 Å². The zero-order valence-electron chi connectivity index (χ0n) is 19.5. The average Bonchev–Trinajstić information content (AvgIpc) is 3.33. The Morgan fingerprint density at radius 1 is 1.00 bits per heavy atom. The minimum absolute atomic E-state index is 0.0826. The number of nitrogens with one attached hydrogen (secondary N) is 2. The number of carbonyl (C=O) groups is 1. The summed E-state index contributed by atoms with van der Waals surface area (Å²) in [5.41, 5.74) is 0.955. The molecule has 3 aromatic carbocycles. The minimum atomic E-state index is -4.21. The fourth-order valence-corrected chi connectivity index (χ4v) is 4.67. The van der Waals surface area contributed by atoms with Crippen molar-refractivity contribution in [1.82, 2.24) is 9.71 Å². The van der Waals surface area contributed by atoms with Gasteiger partial charge in [-0.2, -0.15) is 0 Å². The average molecular weight is 511 g/mol. The first-order valence-electron chi connectivity index (χ1n) is 10.5. The van der Waals surface area contributed by atoms with Crippen molar-refractivity contribution >= 4 is 43.9 Å². The van der Waals surface area contributed by atoms with Crippen LogP contribution >= 0.6 is 0 Å². The number of amides is 1. The number of non-ortho nitro benzene ring substituents is 1. The number of carbonyl (C=O) groups excluding carboxylic acids is 1. The SMILES string of the molecule is COc1ccc(S(=O)(=O)NC(=O)c2cc3c(N(C)c4cccc(OC)c4)ccc([N+](=O)[O-])c3[nH]2)cc1. The van der Waals surface area contributed by atoms with E-state index < -0.39 is 20.9 Å². The summed E-state index contributed by atoms with van der Waals surface area (Å²) in [6.45, 7) is 0. The monoisotopic (exact) mass is 510 g/mol. The van der Waals surface area contributed by atoms with E-state index in [2.05, 4.69) is 4.98 Å². The van der Waals surface area contributed by atoms with Gasteiger partial charge in [0.25, 0.3) is 21.6 Å². The molecule has 0 saturated carbocycles. The van der Waals surface area contributed by atoms with Crippen LogP contribution in [-0.4, -0.2) is 45.5 Å². The molecule has 36 heavy (non-hydrogen) atoms. The molecule has 4 rings (SSSR count). The molecule has 12 heteroatoms. The van der Waals surface area contributed by atoms with Gasteiger partial charge in [-0.1, -0.05) is 6.07 Å². The quantitative estimate of drug-likeness (QED) is 0.268. The van der Waals surface area contributed by atoms with Crippen LogP contribution in [0.3, 0.4) is 0 Å². The highest BCUT2D eigenvalue weighted by atomic mass is 32.2. The zero-order chi connectivity index (χ0) is 26.0. The van der Waals surface area contributed by atoms with Crippen LogP contribution in [0.5, 0.6) is 11.5 Å². The van der Waals surface area contributed by atoms with Gasteiger partial charge in [0.05, 0.1) is 29.7 Å². The second kappa shape index (κ2) is 9.58. The van der Waals surface area contributed by atoms with Crippen LogP contribution < -0.4 is 19.1 Å². The van der Waals surface area contributed by atoms with Crippen LogP contribution in [0.2, 0.25) is 0 Å². The molecule has 0 spiro atoms. The van der Waals surface area contributed by atoms with Gasteiger partial charge in [-0.15, -0.1) is 0 Å². The molecule has 0 fully saturated rings. The summed E-state index contributed by atoms with van der Waals surface area (Å²) in [5.74, 6) is 0.109. The highest BCUT2D eigenvalue weighted by Gasteiger charge is 2.24. The normalized spacial score (nSPS) is 11.2. The number of nitrogens with zero attached hydrogens (tertiary/aromatic N) is 2. The van der Waals surface area contributed by atoms with Gasteiger partial charge in [0.2, 0.25) is 0 Å². The number of anilines is 2. The van der Waals surface area contributed by atoms with Gasteiger partial charge in [-0.25, -0.2) is 13.1 Å². The second-order valence-corrected chi connectivity index (χ2v) is 9.39. The second-order valence-electron chi connectivity index (χ2n) is 7.70. The minimum Gasteiger partial charge on any atom is -0.497 e. The molecule has 0 aliphatic rings. The summed E-state index contributed by atoms with van der Waals surface area (Å²) < 4.78 is 37.7. The maximum atomic E-state index is 12.9. The smallest absolute Gasteiger partial charge is 0.293 e. The lowest BCUT2D eigenvalue weighted by Gasteiger charge is -2.21. The van der Waals surface area contributed by atoms with Crippen molar-refractivity contribution in [3.8, 4) is 11.5 Å². The summed E-state index contributed by atoms with van der Waals surface area (Å²) in [7, 11) is 0.540. The van der Waals surface area contributed by atoms with Crippen LogP contribution in [0.1, 0.15) is 10.5 Å². The van der Waals surface area contributed by atoms with Crippen LogP contribution in [-0.2, 0) is 10.0 Å². The largest absolute Gasteiger partial charge is 0.497 e. The molecule has 0 unspecified atom stereocenters. The first-order chi connectivity index (χ1) is 17.1. The Kier molecular flexibility index (Phi) is 6.53. The molecule has 0 aliphatic heterocycles. The highest BCUT2D eigenvalue weighted by Crippen LogP contribution is 2.37. The first kappa shape index (κ1) is 24.5. The number of nitro benzene ring substituents is 1. The van der Waals surface area contributed by atoms with Crippen LogP contribution in [0.4, 0.5) is 17.1 Å². The standard InChI is InChI=1S/C24H22N4O7S/c1-27(15-5-4-6-17(13-15)35-3)21-11-12-22(28(30)31)23-19(21)14-20(25-23)24(29)26-36(32,33)18-9-7-16(34-2)8-10-18/h4-14,25H,1-3H3,(H,26,29). The number of ether oxygens (including phenoxy) is 2. The van der Waals surface area contributed by atoms with E-state index in [0.29, 0.717) is 22.6 Å². The van der Waals surface area contributed by atoms with Crippen LogP contribution in [0.15, 0.2) is 71.6 Å². The number of aromatic nitrogens is 1. The molecule has 0 aliphatic carbocycles. The molecule has 0 atom stereocenters. The van der Waals surface area contributed by atoms with E-state index in [1.54, 1.807) is 43.3 Å². The van der Waals surface area contributed by atoms with Crippen molar-refractivity contribution < 1.29 is 27.6 Å². The summed E-state index contributed by atoms with van der Waals surface area (Å²) in [6, 6.07) is 17.0. The Bertz CT molecular complexity index is 1560. The van der Waals surface area contributed by atoms with E-state index in [4.69, 9.17) is 9.47 Å². The van der Waals surface area contributed by atoms with Gasteiger partial charge in [0.1, 0.15) is 22.7 Å². The number of nitro groups is 1. The molecule has 0 radical (unpaired) electrons. The summed E-state index contributed by atoms with van der Waals surface area (Å²) >= 11 is 0. The summed E-state index contributed by atoms with van der Waals surface area (Å²) in [4.78, 5) is 28.3. The molecule has 1 heterocycles. The Hall–Kier alpha value is -4.58. The molecular weight excluding hydrogens is 488 g/mol. The zero-order valence-corrected chi connectivity index (χ0v) is 20.3. The summed E-state index contributed by atoms with van der Waals surface area (Å²) in [6.07, 6.45) is 0. The van der Waals surface area contributed by atoms with E-state index in [-0.39, 0.29) is 21.8 Å². The molecular formula is C24H22N4O7S. The van der Waals surface area contributed by atoms with E-state index >= 15 is 0 Å². The van der Waals surface area contributed by atoms with Gasteiger partial charge in [0, 0.05) is 30.3 Å². The molecule has 11 nitrogen and oxygen atoms in total. The van der Waals surface area contributed by atoms with Gasteiger partial charge in [-0.3, -0.25) is 14.9 Å². The van der Waals surface area contributed by atoms with E-state index in [1.807, 2.05) is 10.8 Å². The van der Waals surface area contributed by atoms with E-state index in [0.717, 1.165) is 5.69 Å². The molecule has 2 N–H and O–H groups in total. The molecule has 0 saturated heterocycles. The van der Waals surface area contributed by atoms with E-state index in [9.17, 15) is 23.3 Å². The maximum Gasteiger partial charge on any atom is 0.293 e. The molecule has 1 aromatic heterocycles. The lowest BCUT2D eigenvalue weighted by molar-refractivity contribution is -0.383. The third-order valence-electron chi connectivity index (χ3n) is 5.59. The number of rotatable bonds is 8. The Morgan fingerprint density at radius 3 is 2.33 bits per heavy atom. The Labute approximate surface area is 206 Å². The van der Waals surface area contributed by atoms with Gasteiger partial charge < -0.3 is 19.4 Å². The van der Waals surface area contributed by atoms with Gasteiger partial charge in [0.15, 0.2) is 0 Å². The van der Waals surface area contributed by atoms with Crippen molar-refractivity contribution in [1.29, 1.82) is 0 Å². The number of H-pyrrole nitrogens is 1. The number of hydrogen-bond donors (Lipinski definition) is 2. The molecule has 1 amide bonds. The predicted octanol–water partition coefficient (Wildman–Crippen LogP) is 3.98. The summed E-state index contributed by atoms with van der Waals surface area (Å²) in [5, 5.41) is 12.0. The molecule has 186 valence electrons. The maximum absolute atomic E-state index is 12.9. The van der Waals surface area contributed by atoms with Gasteiger partial charge >= 0.3 is 0 Å². The lowest BCUT2D eigenvalue weighted by Crippen LogP contribution is -2.30. The van der Waals surface area contributed by atoms with Gasteiger partial charge in [-0.05, 0) is 48.5 Å². The van der Waals surface area contributed by atoms with Crippen molar-refractivity contribution in [2.75, 3.05) is 26.2 Å². The molecule has 4 aromatic rings. The van der Waals surface area contributed by atoms with E-state index in [1.165, 1.54) is 43.5 Å². The Balaban J connectivity index is 1.74. The fourth-order valence-electron chi connectivity index (χ4n) is 3.71. The third kappa shape index (κ3) is 4.66. The highest BCUT2D eigenvalue weighted by molar-refractivity contribution is 7.90. The number of hydrogen-bond acceptors (Lipinski definition) is 8. The molecule has 0 bridgehead atoms. The lowest BCUT2D eigenvalue weighted by atomic mass is 10.1. The Morgan fingerprint density at radius 2 is 1.69 bits per heavy atom. The number of fused-ring (bicyclic) bond motifs is 1. The fraction of sp³-hybridized carbons (Fsp3) is 0.125. The van der Waals surface area contributed by atoms with Crippen LogP contribution in [0.25, 0.3) is 10.9 Å². The van der Waals surface area contributed by atoms with Crippen molar-refractivity contribution in [2.24, 2.45) is 0 Å². The third-order valence-corrected chi connectivity index (χ3v) is 6.94.